The molecular formula is C21H17ClFN3O3. The average molecular weight is 414 g/mol. The molecule has 0 spiro atoms. The Hall–Kier alpha value is -3.32. The third kappa shape index (κ3) is 4.57. The van der Waals surface area contributed by atoms with E-state index in [1.54, 1.807) is 25.1 Å². The van der Waals surface area contributed by atoms with Gasteiger partial charge >= 0.3 is 0 Å². The van der Waals surface area contributed by atoms with Crippen LogP contribution in [-0.2, 0) is 9.59 Å². The Morgan fingerprint density at radius 1 is 1.21 bits per heavy atom. The molecule has 148 valence electrons. The van der Waals surface area contributed by atoms with Gasteiger partial charge in [-0.2, -0.15) is 0 Å². The van der Waals surface area contributed by atoms with Crippen molar-refractivity contribution in [3.63, 3.8) is 0 Å². The van der Waals surface area contributed by atoms with Gasteiger partial charge in [0.2, 0.25) is 5.91 Å². The Balaban J connectivity index is 2.06. The van der Waals surface area contributed by atoms with Crippen LogP contribution in [0.25, 0.3) is 22.2 Å². The van der Waals surface area contributed by atoms with Gasteiger partial charge in [-0.1, -0.05) is 18.5 Å². The Kier molecular flexibility index (Phi) is 6.19. The van der Waals surface area contributed by atoms with Crippen LogP contribution in [0.2, 0.25) is 5.02 Å². The molecular weight excluding hydrogens is 397 g/mol. The highest BCUT2D eigenvalue weighted by molar-refractivity contribution is 6.31. The minimum absolute atomic E-state index is 0.0259. The Morgan fingerprint density at radius 2 is 2.00 bits per heavy atom. The summed E-state index contributed by atoms with van der Waals surface area (Å²) in [4.78, 5) is 32.1. The van der Waals surface area contributed by atoms with E-state index in [1.807, 2.05) is 0 Å². The fraction of sp³-hybridized carbons (Fsp3) is 0.143. The molecule has 0 bridgehead atoms. The number of hydrogen-bond donors (Lipinski definition) is 1. The number of halogens is 2. The molecule has 0 unspecified atom stereocenters. The number of nitrogens with one attached hydrogen (secondary N) is 1. The van der Waals surface area contributed by atoms with Crippen molar-refractivity contribution in [3.8, 4) is 17.0 Å². The summed E-state index contributed by atoms with van der Waals surface area (Å²) >= 11 is 5.90. The van der Waals surface area contributed by atoms with Crippen LogP contribution < -0.4 is 10.1 Å². The van der Waals surface area contributed by atoms with Crippen molar-refractivity contribution in [2.45, 2.75) is 13.3 Å². The molecule has 0 aliphatic rings. The Bertz CT molecular complexity index is 1130. The van der Waals surface area contributed by atoms with E-state index < -0.39 is 11.7 Å². The first-order valence-electron chi connectivity index (χ1n) is 8.73. The number of hydrogen-bond acceptors (Lipinski definition) is 5. The smallest absolute Gasteiger partial charge is 0.248 e. The summed E-state index contributed by atoms with van der Waals surface area (Å²) in [5, 5.41) is 3.27. The van der Waals surface area contributed by atoms with E-state index in [0.29, 0.717) is 40.0 Å². The van der Waals surface area contributed by atoms with Crippen molar-refractivity contribution in [1.29, 1.82) is 0 Å². The SMILES string of the molecule is CCC(=O)/C=C/C(=O)Nc1cc2c(-c3ccc(F)c(Cl)c3)ncnc2cc1OC. The van der Waals surface area contributed by atoms with Gasteiger partial charge in [0.25, 0.3) is 0 Å². The minimum Gasteiger partial charge on any atom is -0.494 e. The number of aromatic nitrogens is 2. The minimum atomic E-state index is -0.531. The summed E-state index contributed by atoms with van der Waals surface area (Å²) in [5.41, 5.74) is 2.07. The maximum absolute atomic E-state index is 13.5. The highest BCUT2D eigenvalue weighted by Crippen LogP contribution is 2.34. The first-order chi connectivity index (χ1) is 13.9. The Labute approximate surface area is 171 Å². The molecule has 1 amide bonds. The van der Waals surface area contributed by atoms with Crippen LogP contribution in [0.4, 0.5) is 10.1 Å². The molecule has 0 saturated carbocycles. The van der Waals surface area contributed by atoms with Crippen molar-refractivity contribution >= 4 is 39.9 Å². The van der Waals surface area contributed by atoms with E-state index in [9.17, 15) is 14.0 Å². The zero-order chi connectivity index (χ0) is 21.0. The topological polar surface area (TPSA) is 81.2 Å². The summed E-state index contributed by atoms with van der Waals surface area (Å²) in [6, 6.07) is 7.61. The molecule has 8 heteroatoms. The summed E-state index contributed by atoms with van der Waals surface area (Å²) in [6.07, 6.45) is 4.07. The average Bonchev–Trinajstić information content (AvgIpc) is 2.73. The lowest BCUT2D eigenvalue weighted by Gasteiger charge is -2.12. The molecule has 0 atom stereocenters. The number of ether oxygens (including phenoxy) is 1. The molecule has 2 aromatic carbocycles. The molecule has 1 heterocycles. The molecule has 3 aromatic rings. The summed E-state index contributed by atoms with van der Waals surface area (Å²) in [7, 11) is 1.47. The molecule has 0 radical (unpaired) electrons. The number of benzene rings is 2. The quantitative estimate of drug-likeness (QED) is 0.598. The molecule has 0 saturated heterocycles. The van der Waals surface area contributed by atoms with Crippen LogP contribution in [0, 0.1) is 5.82 Å². The van der Waals surface area contributed by atoms with E-state index in [1.165, 1.54) is 31.6 Å². The van der Waals surface area contributed by atoms with Crippen molar-refractivity contribution in [2.75, 3.05) is 12.4 Å². The lowest BCUT2D eigenvalue weighted by molar-refractivity contribution is -0.115. The molecule has 0 fully saturated rings. The number of allylic oxidation sites excluding steroid dienone is 1. The van der Waals surface area contributed by atoms with E-state index in [2.05, 4.69) is 15.3 Å². The predicted octanol–water partition coefficient (Wildman–Crippen LogP) is 4.57. The van der Waals surface area contributed by atoms with Crippen LogP contribution in [0.1, 0.15) is 13.3 Å². The van der Waals surface area contributed by atoms with Crippen LogP contribution >= 0.6 is 11.6 Å². The number of fused-ring (bicyclic) bond motifs is 1. The number of carbonyl (C=O) groups is 2. The van der Waals surface area contributed by atoms with Crippen molar-refractivity contribution in [2.24, 2.45) is 0 Å². The third-order valence-electron chi connectivity index (χ3n) is 4.18. The number of carbonyl (C=O) groups excluding carboxylic acids is 2. The van der Waals surface area contributed by atoms with Gasteiger partial charge < -0.3 is 10.1 Å². The van der Waals surface area contributed by atoms with Gasteiger partial charge in [-0.05, 0) is 30.3 Å². The van der Waals surface area contributed by atoms with Crippen LogP contribution in [0.3, 0.4) is 0 Å². The molecule has 6 nitrogen and oxygen atoms in total. The van der Waals surface area contributed by atoms with Gasteiger partial charge in [0, 0.05) is 29.5 Å². The third-order valence-corrected chi connectivity index (χ3v) is 4.47. The molecule has 3 rings (SSSR count). The standard InChI is InChI=1S/C21H17ClFN3O3/c1-3-13(27)5-7-20(28)26-18-9-14-17(10-19(18)29-2)24-11-25-21(14)12-4-6-16(23)15(22)8-12/h4-11H,3H2,1-2H3,(H,26,28)/b7-5+. The van der Waals surface area contributed by atoms with Crippen molar-refractivity contribution < 1.29 is 18.7 Å². The number of rotatable bonds is 6. The van der Waals surface area contributed by atoms with Gasteiger partial charge in [-0.3, -0.25) is 9.59 Å². The molecule has 1 N–H and O–H groups in total. The van der Waals surface area contributed by atoms with Crippen LogP contribution in [0.5, 0.6) is 5.75 Å². The highest BCUT2D eigenvalue weighted by Gasteiger charge is 2.14. The predicted molar refractivity (Wildman–Crippen MR) is 110 cm³/mol. The van der Waals surface area contributed by atoms with Gasteiger partial charge in [0.1, 0.15) is 17.9 Å². The number of ketones is 1. The number of nitrogens with zero attached hydrogens (tertiary/aromatic N) is 2. The molecule has 0 aliphatic carbocycles. The first kappa shape index (κ1) is 20.4. The summed E-state index contributed by atoms with van der Waals surface area (Å²) in [5.74, 6) is -0.776. The second-order valence-electron chi connectivity index (χ2n) is 6.06. The number of amides is 1. The second-order valence-corrected chi connectivity index (χ2v) is 6.47. The monoisotopic (exact) mass is 413 g/mol. The molecule has 29 heavy (non-hydrogen) atoms. The second kappa shape index (κ2) is 8.79. The zero-order valence-electron chi connectivity index (χ0n) is 15.7. The fourth-order valence-corrected chi connectivity index (χ4v) is 2.87. The van der Waals surface area contributed by atoms with Gasteiger partial charge in [-0.25, -0.2) is 14.4 Å². The fourth-order valence-electron chi connectivity index (χ4n) is 2.68. The van der Waals surface area contributed by atoms with Gasteiger partial charge in [0.05, 0.1) is 29.0 Å². The van der Waals surface area contributed by atoms with Crippen molar-refractivity contribution in [1.82, 2.24) is 9.97 Å². The zero-order valence-corrected chi connectivity index (χ0v) is 16.5. The van der Waals surface area contributed by atoms with E-state index in [-0.39, 0.29) is 10.8 Å². The van der Waals surface area contributed by atoms with E-state index >= 15 is 0 Å². The maximum Gasteiger partial charge on any atom is 0.248 e. The number of anilines is 1. The largest absolute Gasteiger partial charge is 0.494 e. The van der Waals surface area contributed by atoms with Gasteiger partial charge in [-0.15, -0.1) is 0 Å². The summed E-state index contributed by atoms with van der Waals surface area (Å²) < 4.78 is 18.9. The Morgan fingerprint density at radius 3 is 2.69 bits per heavy atom. The normalized spacial score (nSPS) is 11.0. The molecule has 1 aromatic heterocycles. The van der Waals surface area contributed by atoms with Crippen LogP contribution in [-0.4, -0.2) is 28.8 Å². The van der Waals surface area contributed by atoms with Crippen molar-refractivity contribution in [3.05, 3.63) is 59.7 Å². The highest BCUT2D eigenvalue weighted by atomic mass is 35.5. The van der Waals surface area contributed by atoms with Crippen LogP contribution in [0.15, 0.2) is 48.8 Å². The lowest BCUT2D eigenvalue weighted by atomic mass is 10.1. The lowest BCUT2D eigenvalue weighted by Crippen LogP contribution is -2.10. The number of methoxy groups -OCH3 is 1. The summed E-state index contributed by atoms with van der Waals surface area (Å²) in [6.45, 7) is 1.71. The molecule has 0 aliphatic heterocycles. The van der Waals surface area contributed by atoms with E-state index in [0.717, 1.165) is 6.08 Å². The van der Waals surface area contributed by atoms with Gasteiger partial charge in [0.15, 0.2) is 5.78 Å². The first-order valence-corrected chi connectivity index (χ1v) is 9.10. The maximum atomic E-state index is 13.5. The van der Waals surface area contributed by atoms with E-state index in [4.69, 9.17) is 16.3 Å².